The summed E-state index contributed by atoms with van der Waals surface area (Å²) >= 11 is 0. The molecule has 1 atom stereocenters. The van der Waals surface area contributed by atoms with E-state index in [1.807, 2.05) is 24.3 Å². The third kappa shape index (κ3) is 2.08. The molecule has 2 N–H and O–H groups in total. The number of carbonyl (C=O) groups excluding carboxylic acids is 1. The van der Waals surface area contributed by atoms with E-state index in [-0.39, 0.29) is 24.0 Å². The molecule has 1 aliphatic heterocycles. The van der Waals surface area contributed by atoms with Gasteiger partial charge in [0, 0.05) is 0 Å². The van der Waals surface area contributed by atoms with Gasteiger partial charge in [-0.1, -0.05) is 18.2 Å². The molecule has 0 saturated heterocycles. The minimum absolute atomic E-state index is 0.00365. The van der Waals surface area contributed by atoms with Gasteiger partial charge in [0.1, 0.15) is 12.4 Å². The van der Waals surface area contributed by atoms with Gasteiger partial charge in [0.15, 0.2) is 0 Å². The molecule has 0 radical (unpaired) electrons. The Kier molecular flexibility index (Phi) is 2.74. The first-order valence-corrected chi connectivity index (χ1v) is 6.36. The second-order valence-electron chi connectivity index (χ2n) is 5.25. The van der Waals surface area contributed by atoms with Gasteiger partial charge in [-0.25, -0.2) is 0 Å². The van der Waals surface area contributed by atoms with Gasteiger partial charge in [-0.3, -0.25) is 4.79 Å². The number of aliphatic hydroxyl groups is 1. The van der Waals surface area contributed by atoms with Crippen LogP contribution in [-0.2, 0) is 11.2 Å². The van der Waals surface area contributed by atoms with E-state index < -0.39 is 0 Å². The van der Waals surface area contributed by atoms with Crippen LogP contribution in [0.3, 0.4) is 0 Å². The van der Waals surface area contributed by atoms with E-state index in [1.54, 1.807) is 0 Å². The monoisotopic (exact) mass is 247 g/mol. The van der Waals surface area contributed by atoms with Crippen molar-refractivity contribution in [1.29, 1.82) is 0 Å². The maximum atomic E-state index is 12.1. The molecule has 1 fully saturated rings. The van der Waals surface area contributed by atoms with Crippen molar-refractivity contribution < 1.29 is 14.6 Å². The fourth-order valence-electron chi connectivity index (χ4n) is 2.33. The van der Waals surface area contributed by atoms with Crippen LogP contribution in [0.1, 0.15) is 18.4 Å². The first-order valence-electron chi connectivity index (χ1n) is 6.36. The molecule has 18 heavy (non-hydrogen) atoms. The molecule has 1 aromatic rings. The minimum atomic E-state index is -0.339. The van der Waals surface area contributed by atoms with Gasteiger partial charge in [-0.2, -0.15) is 0 Å². The Morgan fingerprint density at radius 1 is 1.44 bits per heavy atom. The lowest BCUT2D eigenvalue weighted by molar-refractivity contribution is -0.127. The number of hydrogen-bond donors (Lipinski definition) is 2. The van der Waals surface area contributed by atoms with Crippen LogP contribution < -0.4 is 10.1 Å². The van der Waals surface area contributed by atoms with E-state index in [1.165, 1.54) is 0 Å². The van der Waals surface area contributed by atoms with Crippen molar-refractivity contribution in [2.24, 2.45) is 5.92 Å². The minimum Gasteiger partial charge on any atom is -0.492 e. The number of benzene rings is 1. The Hall–Kier alpha value is -1.55. The molecule has 1 amide bonds. The van der Waals surface area contributed by atoms with Crippen molar-refractivity contribution in [2.75, 3.05) is 13.2 Å². The van der Waals surface area contributed by atoms with Gasteiger partial charge in [-0.15, -0.1) is 0 Å². The summed E-state index contributed by atoms with van der Waals surface area (Å²) in [6.07, 6.45) is 2.46. The van der Waals surface area contributed by atoms with Crippen LogP contribution in [-0.4, -0.2) is 29.8 Å². The number of carbonyl (C=O) groups is 1. The molecule has 0 spiro atoms. The summed E-state index contributed by atoms with van der Waals surface area (Å²) in [4.78, 5) is 12.1. The van der Waals surface area contributed by atoms with Crippen molar-refractivity contribution in [3.8, 4) is 5.75 Å². The molecule has 96 valence electrons. The van der Waals surface area contributed by atoms with E-state index in [2.05, 4.69) is 5.32 Å². The Morgan fingerprint density at radius 2 is 2.22 bits per heavy atom. The molecule has 0 bridgehead atoms. The standard InChI is InChI=1S/C14H17NO3/c16-9-14(5-6-14)15-13(17)11-7-10-3-1-2-4-12(10)18-8-11/h1-4,11,16H,5-9H2,(H,15,17). The highest BCUT2D eigenvalue weighted by molar-refractivity contribution is 5.80. The summed E-state index contributed by atoms with van der Waals surface area (Å²) in [7, 11) is 0. The lowest BCUT2D eigenvalue weighted by Crippen LogP contribution is -2.45. The van der Waals surface area contributed by atoms with Gasteiger partial charge in [0.25, 0.3) is 0 Å². The maximum Gasteiger partial charge on any atom is 0.227 e. The van der Waals surface area contributed by atoms with E-state index >= 15 is 0 Å². The van der Waals surface area contributed by atoms with E-state index in [4.69, 9.17) is 4.74 Å². The number of para-hydroxylation sites is 1. The second kappa shape index (κ2) is 4.28. The molecular weight excluding hydrogens is 230 g/mol. The Morgan fingerprint density at radius 3 is 2.94 bits per heavy atom. The number of aliphatic hydroxyl groups excluding tert-OH is 1. The third-order valence-corrected chi connectivity index (χ3v) is 3.79. The fraction of sp³-hybridized carbons (Fsp3) is 0.500. The fourth-order valence-corrected chi connectivity index (χ4v) is 2.33. The summed E-state index contributed by atoms with van der Waals surface area (Å²) in [5, 5.41) is 12.2. The smallest absolute Gasteiger partial charge is 0.227 e. The van der Waals surface area contributed by atoms with Crippen LogP contribution in [0.15, 0.2) is 24.3 Å². The number of rotatable bonds is 3. The van der Waals surface area contributed by atoms with Crippen LogP contribution in [0.25, 0.3) is 0 Å². The molecule has 1 saturated carbocycles. The number of ether oxygens (including phenoxy) is 1. The van der Waals surface area contributed by atoms with E-state index in [0.29, 0.717) is 13.0 Å². The Bertz CT molecular complexity index is 468. The average molecular weight is 247 g/mol. The van der Waals surface area contributed by atoms with Gasteiger partial charge in [0.2, 0.25) is 5.91 Å². The Balaban J connectivity index is 1.67. The average Bonchev–Trinajstić information content (AvgIpc) is 3.18. The summed E-state index contributed by atoms with van der Waals surface area (Å²) in [5.41, 5.74) is 0.742. The van der Waals surface area contributed by atoms with Crippen molar-refractivity contribution in [3.63, 3.8) is 0 Å². The van der Waals surface area contributed by atoms with Gasteiger partial charge >= 0.3 is 0 Å². The van der Waals surface area contributed by atoms with E-state index in [9.17, 15) is 9.90 Å². The Labute approximate surface area is 106 Å². The molecule has 0 aromatic heterocycles. The van der Waals surface area contributed by atoms with Crippen LogP contribution in [0.5, 0.6) is 5.75 Å². The van der Waals surface area contributed by atoms with E-state index in [0.717, 1.165) is 24.2 Å². The zero-order valence-electron chi connectivity index (χ0n) is 10.2. The molecule has 1 aromatic carbocycles. The highest BCUT2D eigenvalue weighted by atomic mass is 16.5. The molecule has 3 rings (SSSR count). The molecule has 2 aliphatic rings. The van der Waals surface area contributed by atoms with Crippen LogP contribution in [0.4, 0.5) is 0 Å². The summed E-state index contributed by atoms with van der Waals surface area (Å²) in [6.45, 7) is 0.452. The third-order valence-electron chi connectivity index (χ3n) is 3.79. The molecule has 1 unspecified atom stereocenters. The van der Waals surface area contributed by atoms with Crippen LogP contribution >= 0.6 is 0 Å². The normalized spacial score (nSPS) is 23.7. The number of fused-ring (bicyclic) bond motifs is 1. The summed E-state index contributed by atoms with van der Waals surface area (Å²) in [5.74, 6) is 0.727. The molecule has 1 heterocycles. The van der Waals surface area contributed by atoms with Crippen molar-refractivity contribution in [2.45, 2.75) is 24.8 Å². The maximum absolute atomic E-state index is 12.1. The van der Waals surface area contributed by atoms with Crippen molar-refractivity contribution in [3.05, 3.63) is 29.8 Å². The van der Waals surface area contributed by atoms with Gasteiger partial charge < -0.3 is 15.2 Å². The molecular formula is C14H17NO3. The molecule has 1 aliphatic carbocycles. The highest BCUT2D eigenvalue weighted by Gasteiger charge is 2.44. The summed E-state index contributed by atoms with van der Waals surface area (Å²) in [6, 6.07) is 7.82. The number of amides is 1. The highest BCUT2D eigenvalue weighted by Crippen LogP contribution is 2.35. The van der Waals surface area contributed by atoms with Crippen molar-refractivity contribution in [1.82, 2.24) is 5.32 Å². The lowest BCUT2D eigenvalue weighted by atomic mass is 9.95. The SMILES string of the molecule is O=C(NC1(CO)CC1)C1COc2ccccc2C1. The van der Waals surface area contributed by atoms with Crippen molar-refractivity contribution >= 4 is 5.91 Å². The lowest BCUT2D eigenvalue weighted by Gasteiger charge is -2.26. The number of hydrogen-bond acceptors (Lipinski definition) is 3. The summed E-state index contributed by atoms with van der Waals surface area (Å²) < 4.78 is 5.60. The molecule has 4 heteroatoms. The number of nitrogens with one attached hydrogen (secondary N) is 1. The zero-order valence-corrected chi connectivity index (χ0v) is 10.2. The first kappa shape index (κ1) is 11.5. The predicted octanol–water partition coefficient (Wildman–Crippen LogP) is 0.879. The predicted molar refractivity (Wildman–Crippen MR) is 66.3 cm³/mol. The first-order chi connectivity index (χ1) is 8.72. The topological polar surface area (TPSA) is 58.6 Å². The quantitative estimate of drug-likeness (QED) is 0.833. The zero-order chi connectivity index (χ0) is 12.6. The largest absolute Gasteiger partial charge is 0.492 e. The van der Waals surface area contributed by atoms with Gasteiger partial charge in [0.05, 0.1) is 18.1 Å². The second-order valence-corrected chi connectivity index (χ2v) is 5.25. The van der Waals surface area contributed by atoms with Gasteiger partial charge in [-0.05, 0) is 30.9 Å². The molecule has 4 nitrogen and oxygen atoms in total. The van der Waals surface area contributed by atoms with Crippen LogP contribution in [0.2, 0.25) is 0 Å². The van der Waals surface area contributed by atoms with Crippen LogP contribution in [0, 0.1) is 5.92 Å².